The first-order chi connectivity index (χ1) is 10.0. The molecule has 1 aromatic carbocycles. The first-order valence-corrected chi connectivity index (χ1v) is 6.64. The van der Waals surface area contributed by atoms with Gasteiger partial charge >= 0.3 is 12.3 Å². The van der Waals surface area contributed by atoms with E-state index in [0.29, 0.717) is 6.29 Å². The van der Waals surface area contributed by atoms with Crippen LogP contribution in [0.1, 0.15) is 44.4 Å². The average molecular weight is 317 g/mol. The van der Waals surface area contributed by atoms with Gasteiger partial charge in [0, 0.05) is 6.42 Å². The molecule has 0 spiro atoms. The Morgan fingerprint density at radius 3 is 2.36 bits per heavy atom. The fourth-order valence-electron chi connectivity index (χ4n) is 1.87. The van der Waals surface area contributed by atoms with Crippen molar-refractivity contribution in [1.29, 1.82) is 0 Å². The number of alkyl carbamates (subject to hydrolysis) is 1. The maximum Gasteiger partial charge on any atom is 0.416 e. The highest BCUT2D eigenvalue weighted by atomic mass is 19.4. The standard InChI is InChI=1S/C15H18F3NO3/c1-14(2,3)22-13(21)19-12(8-9-20)10-6-4-5-7-11(10)15(16,17)18/h4-7,9,12H,8H2,1-3H3,(H,19,21)/t12-/m0/s1. The summed E-state index contributed by atoms with van der Waals surface area (Å²) in [4.78, 5) is 22.5. The third kappa shape index (κ3) is 5.38. The van der Waals surface area contributed by atoms with Crippen LogP contribution in [0.5, 0.6) is 0 Å². The van der Waals surface area contributed by atoms with Crippen molar-refractivity contribution in [3.05, 3.63) is 35.4 Å². The maximum atomic E-state index is 13.0. The third-order valence-corrected chi connectivity index (χ3v) is 2.66. The molecule has 0 fully saturated rings. The van der Waals surface area contributed by atoms with E-state index >= 15 is 0 Å². The van der Waals surface area contributed by atoms with Crippen LogP contribution in [0.25, 0.3) is 0 Å². The summed E-state index contributed by atoms with van der Waals surface area (Å²) >= 11 is 0. The Labute approximate surface area is 126 Å². The Balaban J connectivity index is 3.07. The average Bonchev–Trinajstić information content (AvgIpc) is 2.35. The molecule has 0 radical (unpaired) electrons. The van der Waals surface area contributed by atoms with E-state index in [4.69, 9.17) is 4.74 Å². The van der Waals surface area contributed by atoms with Crippen LogP contribution >= 0.6 is 0 Å². The summed E-state index contributed by atoms with van der Waals surface area (Å²) in [6.45, 7) is 4.89. The van der Waals surface area contributed by atoms with E-state index in [0.717, 1.165) is 6.07 Å². The number of amides is 1. The van der Waals surface area contributed by atoms with Crippen molar-refractivity contribution in [2.45, 2.75) is 45.0 Å². The molecule has 0 aliphatic carbocycles. The predicted molar refractivity (Wildman–Crippen MR) is 74.2 cm³/mol. The van der Waals surface area contributed by atoms with Crippen LogP contribution in [0.3, 0.4) is 0 Å². The molecule has 1 N–H and O–H groups in total. The third-order valence-electron chi connectivity index (χ3n) is 2.66. The lowest BCUT2D eigenvalue weighted by molar-refractivity contribution is -0.138. The van der Waals surface area contributed by atoms with E-state index < -0.39 is 29.5 Å². The fourth-order valence-corrected chi connectivity index (χ4v) is 1.87. The zero-order chi connectivity index (χ0) is 17.0. The Morgan fingerprint density at radius 2 is 1.86 bits per heavy atom. The molecule has 0 aliphatic rings. The van der Waals surface area contributed by atoms with Gasteiger partial charge in [-0.1, -0.05) is 18.2 Å². The van der Waals surface area contributed by atoms with Crippen molar-refractivity contribution in [3.8, 4) is 0 Å². The van der Waals surface area contributed by atoms with Gasteiger partial charge in [-0.2, -0.15) is 13.2 Å². The molecule has 1 aromatic rings. The van der Waals surface area contributed by atoms with Gasteiger partial charge in [-0.15, -0.1) is 0 Å². The molecule has 0 saturated heterocycles. The zero-order valence-electron chi connectivity index (χ0n) is 12.5. The molecular weight excluding hydrogens is 299 g/mol. The van der Waals surface area contributed by atoms with Gasteiger partial charge in [0.15, 0.2) is 0 Å². The van der Waals surface area contributed by atoms with Gasteiger partial charge in [0.1, 0.15) is 11.9 Å². The van der Waals surface area contributed by atoms with Crippen LogP contribution in [0.4, 0.5) is 18.0 Å². The van der Waals surface area contributed by atoms with E-state index in [-0.39, 0.29) is 12.0 Å². The van der Waals surface area contributed by atoms with Gasteiger partial charge in [0.05, 0.1) is 11.6 Å². The highest BCUT2D eigenvalue weighted by Crippen LogP contribution is 2.35. The predicted octanol–water partition coefficient (Wildman–Crippen LogP) is 3.86. The summed E-state index contributed by atoms with van der Waals surface area (Å²) in [5.41, 5.74) is -1.86. The van der Waals surface area contributed by atoms with Gasteiger partial charge in [-0.05, 0) is 32.4 Å². The number of carbonyl (C=O) groups excluding carboxylic acids is 2. The van der Waals surface area contributed by atoms with Crippen LogP contribution in [0, 0.1) is 0 Å². The number of ether oxygens (including phenoxy) is 1. The summed E-state index contributed by atoms with van der Waals surface area (Å²) in [5.74, 6) is 0. The Hall–Kier alpha value is -2.05. The number of aldehydes is 1. The molecule has 7 heteroatoms. The van der Waals surface area contributed by atoms with E-state index in [9.17, 15) is 22.8 Å². The number of hydrogen-bond acceptors (Lipinski definition) is 3. The molecule has 0 bridgehead atoms. The molecule has 4 nitrogen and oxygen atoms in total. The zero-order valence-corrected chi connectivity index (χ0v) is 12.5. The lowest BCUT2D eigenvalue weighted by Crippen LogP contribution is -2.35. The van der Waals surface area contributed by atoms with Crippen molar-refractivity contribution < 1.29 is 27.5 Å². The highest BCUT2D eigenvalue weighted by Gasteiger charge is 2.35. The second-order valence-electron chi connectivity index (χ2n) is 5.69. The number of hydrogen-bond donors (Lipinski definition) is 1. The molecule has 1 atom stereocenters. The molecule has 1 rings (SSSR count). The molecule has 122 valence electrons. The van der Waals surface area contributed by atoms with Crippen molar-refractivity contribution in [2.24, 2.45) is 0 Å². The smallest absolute Gasteiger partial charge is 0.416 e. The summed E-state index contributed by atoms with van der Waals surface area (Å²) in [6, 6.07) is 3.69. The van der Waals surface area contributed by atoms with Crippen molar-refractivity contribution in [3.63, 3.8) is 0 Å². The molecule has 1 amide bonds. The quantitative estimate of drug-likeness (QED) is 0.858. The molecular formula is C15H18F3NO3. The summed E-state index contributed by atoms with van der Waals surface area (Å²) in [5, 5.41) is 2.31. The maximum absolute atomic E-state index is 13.0. The second-order valence-corrected chi connectivity index (χ2v) is 5.69. The molecule has 0 aromatic heterocycles. The van der Waals surface area contributed by atoms with E-state index in [1.165, 1.54) is 18.2 Å². The van der Waals surface area contributed by atoms with Crippen molar-refractivity contribution in [2.75, 3.05) is 0 Å². The molecule has 0 saturated carbocycles. The van der Waals surface area contributed by atoms with E-state index in [1.807, 2.05) is 0 Å². The van der Waals surface area contributed by atoms with Gasteiger partial charge in [0.2, 0.25) is 0 Å². The first kappa shape index (κ1) is 18.0. The normalized spacial score (nSPS) is 13.4. The van der Waals surface area contributed by atoms with Crippen LogP contribution in [0.15, 0.2) is 24.3 Å². The van der Waals surface area contributed by atoms with Crippen molar-refractivity contribution in [1.82, 2.24) is 5.32 Å². The SMILES string of the molecule is CC(C)(C)OC(=O)N[C@@H](CC=O)c1ccccc1C(F)(F)F. The summed E-state index contributed by atoms with van der Waals surface area (Å²) < 4.78 is 44.1. The Morgan fingerprint density at radius 1 is 1.27 bits per heavy atom. The minimum Gasteiger partial charge on any atom is -0.444 e. The van der Waals surface area contributed by atoms with E-state index in [2.05, 4.69) is 5.32 Å². The largest absolute Gasteiger partial charge is 0.444 e. The minimum absolute atomic E-state index is 0.173. The topological polar surface area (TPSA) is 55.4 Å². The van der Waals surface area contributed by atoms with Crippen LogP contribution in [0.2, 0.25) is 0 Å². The van der Waals surface area contributed by atoms with Gasteiger partial charge in [0.25, 0.3) is 0 Å². The Bertz CT molecular complexity index is 536. The number of benzene rings is 1. The molecule has 0 unspecified atom stereocenters. The van der Waals surface area contributed by atoms with Gasteiger partial charge in [-0.3, -0.25) is 0 Å². The number of alkyl halides is 3. The second kappa shape index (κ2) is 6.81. The van der Waals surface area contributed by atoms with E-state index in [1.54, 1.807) is 20.8 Å². The summed E-state index contributed by atoms with van der Waals surface area (Å²) in [7, 11) is 0. The number of rotatable bonds is 4. The number of halogens is 3. The van der Waals surface area contributed by atoms with Crippen molar-refractivity contribution >= 4 is 12.4 Å². The summed E-state index contributed by atoms with van der Waals surface area (Å²) in [6.07, 6.45) is -5.29. The molecule has 0 heterocycles. The fraction of sp³-hybridized carbons (Fsp3) is 0.467. The lowest BCUT2D eigenvalue weighted by Gasteiger charge is -2.24. The van der Waals surface area contributed by atoms with Gasteiger partial charge < -0.3 is 14.8 Å². The van der Waals surface area contributed by atoms with Crippen LogP contribution in [-0.2, 0) is 15.7 Å². The first-order valence-electron chi connectivity index (χ1n) is 6.64. The number of carbonyl (C=O) groups is 2. The van der Waals surface area contributed by atoms with Gasteiger partial charge in [-0.25, -0.2) is 4.79 Å². The monoisotopic (exact) mass is 317 g/mol. The highest BCUT2D eigenvalue weighted by molar-refractivity contribution is 5.69. The Kier molecular flexibility index (Phi) is 5.57. The minimum atomic E-state index is -4.58. The number of nitrogens with one attached hydrogen (secondary N) is 1. The van der Waals surface area contributed by atoms with Crippen LogP contribution in [-0.4, -0.2) is 18.0 Å². The lowest BCUT2D eigenvalue weighted by atomic mass is 9.98. The molecule has 22 heavy (non-hydrogen) atoms. The van der Waals surface area contributed by atoms with Crippen LogP contribution < -0.4 is 5.32 Å². The molecule has 0 aliphatic heterocycles.